The Kier molecular flexibility index (Phi) is 4.72. The van der Waals surface area contributed by atoms with Crippen molar-refractivity contribution in [1.82, 2.24) is 5.16 Å². The Morgan fingerprint density at radius 3 is 2.54 bits per heavy atom. The second kappa shape index (κ2) is 7.07. The molecule has 1 N–H and O–H groups in total. The van der Waals surface area contributed by atoms with Gasteiger partial charge in [-0.05, 0) is 61.7 Å². The number of aryl methyl sites for hydroxylation is 1. The van der Waals surface area contributed by atoms with Crippen molar-refractivity contribution in [3.8, 4) is 0 Å². The summed E-state index contributed by atoms with van der Waals surface area (Å²) >= 11 is 6.02. The van der Waals surface area contributed by atoms with Crippen LogP contribution in [0.2, 0.25) is 5.02 Å². The molecule has 0 saturated heterocycles. The van der Waals surface area contributed by atoms with Crippen LogP contribution in [0.15, 0.2) is 58.1 Å². The molecule has 0 unspecified atom stereocenters. The van der Waals surface area contributed by atoms with Crippen molar-refractivity contribution in [1.29, 1.82) is 0 Å². The van der Waals surface area contributed by atoms with Crippen LogP contribution < -0.4 is 4.72 Å². The molecule has 144 valence electrons. The fourth-order valence-corrected chi connectivity index (χ4v) is 4.19. The van der Waals surface area contributed by atoms with E-state index < -0.39 is 10.0 Å². The van der Waals surface area contributed by atoms with E-state index in [0.717, 1.165) is 18.4 Å². The Morgan fingerprint density at radius 1 is 1.18 bits per heavy atom. The van der Waals surface area contributed by atoms with Crippen molar-refractivity contribution in [2.45, 2.75) is 30.6 Å². The number of aromatic nitrogens is 1. The van der Waals surface area contributed by atoms with Gasteiger partial charge in [0.25, 0.3) is 10.0 Å². The van der Waals surface area contributed by atoms with Crippen LogP contribution in [0.3, 0.4) is 0 Å². The van der Waals surface area contributed by atoms with Crippen LogP contribution in [0.25, 0.3) is 0 Å². The smallest absolute Gasteiger partial charge is 0.261 e. The van der Waals surface area contributed by atoms with Gasteiger partial charge in [-0.2, -0.15) is 0 Å². The predicted molar refractivity (Wildman–Crippen MR) is 105 cm³/mol. The number of ketones is 1. The number of rotatable bonds is 6. The molecule has 4 rings (SSSR count). The maximum Gasteiger partial charge on any atom is 0.261 e. The standard InChI is InChI=1S/C20H17ClN2O4S/c1-12-2-9-16(10-18(12)21)28(25,26)23-15-7-5-13(6-8-15)19(24)17-11-22-27-20(17)14-3-4-14/h2,5-11,14,23H,3-4H2,1H3. The van der Waals surface area contributed by atoms with Gasteiger partial charge in [0.1, 0.15) is 0 Å². The van der Waals surface area contributed by atoms with Crippen molar-refractivity contribution < 1.29 is 17.7 Å². The first kappa shape index (κ1) is 18.7. The summed E-state index contributed by atoms with van der Waals surface area (Å²) in [5, 5.41) is 4.12. The molecule has 1 aliphatic carbocycles. The van der Waals surface area contributed by atoms with Gasteiger partial charge >= 0.3 is 0 Å². The third kappa shape index (κ3) is 3.68. The molecule has 2 aromatic carbocycles. The van der Waals surface area contributed by atoms with Gasteiger partial charge in [0.2, 0.25) is 0 Å². The first-order valence-electron chi connectivity index (χ1n) is 8.73. The van der Waals surface area contributed by atoms with E-state index in [2.05, 4.69) is 9.88 Å². The molecule has 0 spiro atoms. The average Bonchev–Trinajstić information content (AvgIpc) is 3.40. The Hall–Kier alpha value is -2.64. The molecule has 1 saturated carbocycles. The third-order valence-corrected chi connectivity index (χ3v) is 6.43. The number of benzene rings is 2. The maximum atomic E-state index is 12.7. The van der Waals surface area contributed by atoms with Crippen molar-refractivity contribution in [3.05, 3.63) is 76.1 Å². The largest absolute Gasteiger partial charge is 0.360 e. The van der Waals surface area contributed by atoms with E-state index in [-0.39, 0.29) is 16.6 Å². The van der Waals surface area contributed by atoms with Gasteiger partial charge in [-0.15, -0.1) is 0 Å². The molecule has 1 aromatic heterocycles. The molecule has 3 aromatic rings. The minimum Gasteiger partial charge on any atom is -0.360 e. The minimum atomic E-state index is -3.78. The van der Waals surface area contributed by atoms with E-state index in [1.54, 1.807) is 37.3 Å². The van der Waals surface area contributed by atoms with Gasteiger partial charge in [-0.1, -0.05) is 22.8 Å². The molecular weight excluding hydrogens is 400 g/mol. The van der Waals surface area contributed by atoms with Gasteiger partial charge in [-0.3, -0.25) is 9.52 Å². The Morgan fingerprint density at radius 2 is 1.89 bits per heavy atom. The van der Waals surface area contributed by atoms with Crippen LogP contribution in [-0.2, 0) is 10.0 Å². The summed E-state index contributed by atoms with van der Waals surface area (Å²) in [6.45, 7) is 1.80. The molecule has 0 radical (unpaired) electrons. The van der Waals surface area contributed by atoms with Crippen LogP contribution in [0.1, 0.15) is 46.0 Å². The number of anilines is 1. The van der Waals surface area contributed by atoms with Crippen molar-refractivity contribution >= 4 is 33.1 Å². The zero-order chi connectivity index (χ0) is 19.9. The highest BCUT2D eigenvalue weighted by molar-refractivity contribution is 7.92. The Balaban J connectivity index is 1.53. The molecule has 0 atom stereocenters. The number of hydrogen-bond acceptors (Lipinski definition) is 5. The number of nitrogens with one attached hydrogen (secondary N) is 1. The van der Waals surface area contributed by atoms with E-state index in [1.807, 2.05) is 0 Å². The maximum absolute atomic E-state index is 12.7. The van der Waals surface area contributed by atoms with Crippen molar-refractivity contribution in [2.24, 2.45) is 0 Å². The van der Waals surface area contributed by atoms with Crippen LogP contribution in [0, 0.1) is 6.92 Å². The first-order valence-corrected chi connectivity index (χ1v) is 10.6. The summed E-state index contributed by atoms with van der Waals surface area (Å²) in [5.41, 5.74) is 2.04. The molecule has 28 heavy (non-hydrogen) atoms. The summed E-state index contributed by atoms with van der Waals surface area (Å²) in [7, 11) is -3.78. The van der Waals surface area contributed by atoms with Gasteiger partial charge in [0.05, 0.1) is 16.7 Å². The average molecular weight is 417 g/mol. The summed E-state index contributed by atoms with van der Waals surface area (Å²) in [6, 6.07) is 10.8. The molecular formula is C20H17ClN2O4S. The lowest BCUT2D eigenvalue weighted by Gasteiger charge is -2.10. The van der Waals surface area contributed by atoms with E-state index in [4.69, 9.17) is 16.1 Å². The number of sulfonamides is 1. The SMILES string of the molecule is Cc1ccc(S(=O)(=O)Nc2ccc(C(=O)c3cnoc3C3CC3)cc2)cc1Cl. The second-order valence-electron chi connectivity index (χ2n) is 6.80. The van der Waals surface area contributed by atoms with Crippen LogP contribution in [-0.4, -0.2) is 19.4 Å². The number of carbonyl (C=O) groups is 1. The van der Waals surface area contributed by atoms with Crippen LogP contribution in [0.5, 0.6) is 0 Å². The summed E-state index contributed by atoms with van der Waals surface area (Å²) in [4.78, 5) is 12.8. The van der Waals surface area contributed by atoms with Gasteiger partial charge in [0.15, 0.2) is 11.5 Å². The summed E-state index contributed by atoms with van der Waals surface area (Å²) in [5.74, 6) is 0.711. The molecule has 0 aliphatic heterocycles. The number of hydrogen-bond donors (Lipinski definition) is 1. The zero-order valence-corrected chi connectivity index (χ0v) is 16.5. The fraction of sp³-hybridized carbons (Fsp3) is 0.200. The van der Waals surface area contributed by atoms with Crippen molar-refractivity contribution in [2.75, 3.05) is 4.72 Å². The quantitative estimate of drug-likeness (QED) is 0.595. The summed E-state index contributed by atoms with van der Waals surface area (Å²) in [6.07, 6.45) is 3.44. The topological polar surface area (TPSA) is 89.3 Å². The molecule has 1 fully saturated rings. The highest BCUT2D eigenvalue weighted by Crippen LogP contribution is 2.42. The summed E-state index contributed by atoms with van der Waals surface area (Å²) < 4.78 is 32.8. The van der Waals surface area contributed by atoms with Gasteiger partial charge in [-0.25, -0.2) is 8.42 Å². The monoisotopic (exact) mass is 416 g/mol. The second-order valence-corrected chi connectivity index (χ2v) is 8.89. The molecule has 0 bridgehead atoms. The number of halogens is 1. The van der Waals surface area contributed by atoms with E-state index >= 15 is 0 Å². The molecule has 8 heteroatoms. The number of carbonyl (C=O) groups excluding carboxylic acids is 1. The molecule has 1 aliphatic rings. The van der Waals surface area contributed by atoms with Gasteiger partial charge in [0, 0.05) is 22.2 Å². The fourth-order valence-electron chi connectivity index (χ4n) is 2.86. The zero-order valence-electron chi connectivity index (χ0n) is 15.0. The highest BCUT2D eigenvalue weighted by Gasteiger charge is 2.32. The number of nitrogens with zero attached hydrogens (tertiary/aromatic N) is 1. The predicted octanol–water partition coefficient (Wildman–Crippen LogP) is 4.55. The minimum absolute atomic E-state index is 0.0711. The van der Waals surface area contributed by atoms with E-state index in [1.165, 1.54) is 18.3 Å². The Labute approximate surface area is 167 Å². The van der Waals surface area contributed by atoms with E-state index in [0.29, 0.717) is 27.6 Å². The molecule has 6 nitrogen and oxygen atoms in total. The first-order chi connectivity index (χ1) is 13.3. The Bertz CT molecular complexity index is 1150. The van der Waals surface area contributed by atoms with Crippen molar-refractivity contribution in [3.63, 3.8) is 0 Å². The van der Waals surface area contributed by atoms with Crippen LogP contribution in [0.4, 0.5) is 5.69 Å². The molecule has 1 heterocycles. The lowest BCUT2D eigenvalue weighted by atomic mass is 10.0. The van der Waals surface area contributed by atoms with Crippen LogP contribution >= 0.6 is 11.6 Å². The third-order valence-electron chi connectivity index (χ3n) is 4.64. The highest BCUT2D eigenvalue weighted by atomic mass is 35.5. The lowest BCUT2D eigenvalue weighted by molar-refractivity contribution is 0.103. The molecule has 0 amide bonds. The van der Waals surface area contributed by atoms with E-state index in [9.17, 15) is 13.2 Å². The lowest BCUT2D eigenvalue weighted by Crippen LogP contribution is -2.13. The normalized spacial score (nSPS) is 14.1. The van der Waals surface area contributed by atoms with Gasteiger partial charge < -0.3 is 4.52 Å².